The van der Waals surface area contributed by atoms with Crippen molar-refractivity contribution in [3.8, 4) is 0 Å². The van der Waals surface area contributed by atoms with E-state index >= 15 is 0 Å². The fourth-order valence-electron chi connectivity index (χ4n) is 1.04. The number of pyridine rings is 1. The number of carboxylic acids is 1. The maximum Gasteiger partial charge on any atom is 0.347 e. The van der Waals surface area contributed by atoms with Crippen LogP contribution in [0.3, 0.4) is 0 Å². The Morgan fingerprint density at radius 3 is 3.00 bits per heavy atom. The second kappa shape index (κ2) is 2.97. The van der Waals surface area contributed by atoms with Crippen LogP contribution in [0.25, 0.3) is 10.2 Å². The average Bonchev–Trinajstić information content (AvgIpc) is 2.45. The van der Waals surface area contributed by atoms with Crippen LogP contribution in [-0.4, -0.2) is 16.1 Å². The fraction of sp³-hybridized carbons (Fsp3) is 0. The second-order valence-electron chi connectivity index (χ2n) is 2.40. The predicted molar refractivity (Wildman–Crippen MR) is 51.6 cm³/mol. The van der Waals surface area contributed by atoms with E-state index in [1.165, 1.54) is 0 Å². The van der Waals surface area contributed by atoms with Crippen LogP contribution >= 0.6 is 22.9 Å². The molecule has 0 fully saturated rings. The number of aromatic carboxylic acids is 1. The van der Waals surface area contributed by atoms with Gasteiger partial charge in [0.05, 0.1) is 9.72 Å². The van der Waals surface area contributed by atoms with Gasteiger partial charge in [-0.05, 0) is 12.1 Å². The molecule has 2 aromatic rings. The van der Waals surface area contributed by atoms with Crippen molar-refractivity contribution in [2.75, 3.05) is 0 Å². The normalized spacial score (nSPS) is 10.5. The largest absolute Gasteiger partial charge is 0.477 e. The summed E-state index contributed by atoms with van der Waals surface area (Å²) in [7, 11) is 0. The Morgan fingerprint density at radius 1 is 1.62 bits per heavy atom. The minimum Gasteiger partial charge on any atom is -0.477 e. The van der Waals surface area contributed by atoms with Gasteiger partial charge in [-0.25, -0.2) is 4.79 Å². The van der Waals surface area contributed by atoms with Crippen LogP contribution in [0.4, 0.5) is 0 Å². The molecule has 0 aliphatic heterocycles. The van der Waals surface area contributed by atoms with Gasteiger partial charge < -0.3 is 5.11 Å². The highest BCUT2D eigenvalue weighted by Crippen LogP contribution is 2.33. The molecule has 5 heteroatoms. The lowest BCUT2D eigenvalue weighted by Crippen LogP contribution is -1.91. The van der Waals surface area contributed by atoms with E-state index in [1.807, 2.05) is 0 Å². The Hall–Kier alpha value is -1.13. The Morgan fingerprint density at radius 2 is 2.38 bits per heavy atom. The van der Waals surface area contributed by atoms with Crippen molar-refractivity contribution in [1.82, 2.24) is 4.98 Å². The quantitative estimate of drug-likeness (QED) is 0.792. The predicted octanol–water partition coefficient (Wildman–Crippen LogP) is 2.65. The molecule has 1 N–H and O–H groups in total. The molecule has 0 radical (unpaired) electrons. The number of fused-ring (bicyclic) bond motifs is 1. The van der Waals surface area contributed by atoms with E-state index in [4.69, 9.17) is 16.7 Å². The van der Waals surface area contributed by atoms with Gasteiger partial charge in [-0.3, -0.25) is 4.98 Å². The maximum absolute atomic E-state index is 10.7. The molecule has 2 heterocycles. The van der Waals surface area contributed by atoms with E-state index in [9.17, 15) is 4.79 Å². The van der Waals surface area contributed by atoms with E-state index in [2.05, 4.69) is 4.98 Å². The van der Waals surface area contributed by atoms with Gasteiger partial charge in [0.2, 0.25) is 0 Å². The monoisotopic (exact) mass is 213 g/mol. The molecule has 13 heavy (non-hydrogen) atoms. The number of thiophene rings is 1. The molecular formula is C8H4ClNO2S. The lowest BCUT2D eigenvalue weighted by atomic mass is 10.4. The van der Waals surface area contributed by atoms with Gasteiger partial charge in [-0.15, -0.1) is 11.3 Å². The van der Waals surface area contributed by atoms with Crippen molar-refractivity contribution >= 4 is 39.1 Å². The third-order valence-corrected chi connectivity index (χ3v) is 3.20. The summed E-state index contributed by atoms with van der Waals surface area (Å²) in [4.78, 5) is 14.8. The van der Waals surface area contributed by atoms with Crippen LogP contribution in [0.15, 0.2) is 18.3 Å². The molecule has 0 aromatic carbocycles. The van der Waals surface area contributed by atoms with Crippen LogP contribution < -0.4 is 0 Å². The smallest absolute Gasteiger partial charge is 0.347 e. The third kappa shape index (κ3) is 1.28. The lowest BCUT2D eigenvalue weighted by Gasteiger charge is -1.87. The first kappa shape index (κ1) is 8.47. The zero-order valence-electron chi connectivity index (χ0n) is 6.32. The summed E-state index contributed by atoms with van der Waals surface area (Å²) < 4.78 is 0.796. The Bertz CT molecular complexity index is 480. The molecule has 2 rings (SSSR count). The molecule has 0 bridgehead atoms. The van der Waals surface area contributed by atoms with Gasteiger partial charge in [0.25, 0.3) is 0 Å². The van der Waals surface area contributed by atoms with E-state index in [0.29, 0.717) is 5.52 Å². The van der Waals surface area contributed by atoms with Crippen molar-refractivity contribution in [2.45, 2.75) is 0 Å². The van der Waals surface area contributed by atoms with Crippen molar-refractivity contribution in [3.05, 3.63) is 28.2 Å². The summed E-state index contributed by atoms with van der Waals surface area (Å²) in [6.07, 6.45) is 1.59. The van der Waals surface area contributed by atoms with Crippen molar-refractivity contribution in [2.24, 2.45) is 0 Å². The molecule has 0 unspecified atom stereocenters. The van der Waals surface area contributed by atoms with Gasteiger partial charge in [0, 0.05) is 6.20 Å². The minimum atomic E-state index is -1.01. The molecule has 0 aliphatic rings. The molecule has 0 saturated carbocycles. The zero-order chi connectivity index (χ0) is 9.42. The van der Waals surface area contributed by atoms with E-state index in [-0.39, 0.29) is 9.90 Å². The number of carboxylic acid groups (broad SMARTS) is 1. The molecule has 0 spiro atoms. The van der Waals surface area contributed by atoms with Crippen LogP contribution in [-0.2, 0) is 0 Å². The van der Waals surface area contributed by atoms with E-state index in [1.54, 1.807) is 18.3 Å². The Balaban J connectivity index is 2.81. The number of halogens is 1. The SMILES string of the molecule is O=C(O)c1sc2cccnc2c1Cl. The van der Waals surface area contributed by atoms with E-state index in [0.717, 1.165) is 16.0 Å². The van der Waals surface area contributed by atoms with Crippen molar-refractivity contribution < 1.29 is 9.90 Å². The van der Waals surface area contributed by atoms with Gasteiger partial charge in [0.1, 0.15) is 10.4 Å². The molecule has 0 amide bonds. The van der Waals surface area contributed by atoms with Crippen LogP contribution in [0.5, 0.6) is 0 Å². The summed E-state index contributed by atoms with van der Waals surface area (Å²) in [5.41, 5.74) is 0.562. The summed E-state index contributed by atoms with van der Waals surface area (Å²) in [5, 5.41) is 8.99. The molecular weight excluding hydrogens is 210 g/mol. The van der Waals surface area contributed by atoms with Crippen LogP contribution in [0.1, 0.15) is 9.67 Å². The highest BCUT2D eigenvalue weighted by Gasteiger charge is 2.16. The van der Waals surface area contributed by atoms with Gasteiger partial charge in [-0.2, -0.15) is 0 Å². The first-order valence-electron chi connectivity index (χ1n) is 3.46. The molecule has 66 valence electrons. The number of hydrogen-bond acceptors (Lipinski definition) is 3. The molecule has 0 atom stereocenters. The van der Waals surface area contributed by atoms with Crippen LogP contribution in [0.2, 0.25) is 5.02 Å². The van der Waals surface area contributed by atoms with Crippen molar-refractivity contribution in [1.29, 1.82) is 0 Å². The summed E-state index contributed by atoms with van der Waals surface area (Å²) in [6, 6.07) is 3.55. The topological polar surface area (TPSA) is 50.2 Å². The average molecular weight is 214 g/mol. The molecule has 3 nitrogen and oxygen atoms in total. The van der Waals surface area contributed by atoms with Gasteiger partial charge in [0.15, 0.2) is 0 Å². The molecule has 0 saturated heterocycles. The summed E-state index contributed by atoms with van der Waals surface area (Å²) in [5.74, 6) is -1.01. The summed E-state index contributed by atoms with van der Waals surface area (Å²) in [6.45, 7) is 0. The van der Waals surface area contributed by atoms with Crippen LogP contribution in [0, 0.1) is 0 Å². The first-order chi connectivity index (χ1) is 6.20. The third-order valence-electron chi connectivity index (χ3n) is 1.58. The number of nitrogens with zero attached hydrogens (tertiary/aromatic N) is 1. The zero-order valence-corrected chi connectivity index (χ0v) is 7.89. The Kier molecular flexibility index (Phi) is 1.94. The standard InChI is InChI=1S/C8H4ClNO2S/c9-5-6-4(2-1-3-10-6)13-7(5)8(11)12/h1-3H,(H,11,12). The van der Waals surface area contributed by atoms with Gasteiger partial charge >= 0.3 is 5.97 Å². The van der Waals surface area contributed by atoms with E-state index < -0.39 is 5.97 Å². The first-order valence-corrected chi connectivity index (χ1v) is 4.66. The lowest BCUT2D eigenvalue weighted by molar-refractivity contribution is 0.0702. The highest BCUT2D eigenvalue weighted by atomic mass is 35.5. The summed E-state index contributed by atoms with van der Waals surface area (Å²) >= 11 is 6.96. The minimum absolute atomic E-state index is 0.148. The highest BCUT2D eigenvalue weighted by molar-refractivity contribution is 7.21. The van der Waals surface area contributed by atoms with Gasteiger partial charge in [-0.1, -0.05) is 11.6 Å². The Labute approximate surface area is 82.6 Å². The number of aromatic nitrogens is 1. The number of hydrogen-bond donors (Lipinski definition) is 1. The molecule has 0 aliphatic carbocycles. The number of carbonyl (C=O) groups is 1. The molecule has 2 aromatic heterocycles. The second-order valence-corrected chi connectivity index (χ2v) is 3.83. The fourth-order valence-corrected chi connectivity index (χ4v) is 2.33. The van der Waals surface area contributed by atoms with Crippen molar-refractivity contribution in [3.63, 3.8) is 0 Å². The number of rotatable bonds is 1. The maximum atomic E-state index is 10.7.